The van der Waals surface area contributed by atoms with Gasteiger partial charge >= 0.3 is 6.18 Å². The van der Waals surface area contributed by atoms with Crippen molar-refractivity contribution in [2.45, 2.75) is 18.6 Å². The summed E-state index contributed by atoms with van der Waals surface area (Å²) in [6, 6.07) is 10.3. The highest BCUT2D eigenvalue weighted by atomic mass is 35.5. The molecule has 1 unspecified atom stereocenters. The molecule has 0 radical (unpaired) electrons. The van der Waals surface area contributed by atoms with Crippen molar-refractivity contribution in [3.8, 4) is 11.5 Å². The lowest BCUT2D eigenvalue weighted by atomic mass is 9.86. The molecule has 3 aromatic rings. The Labute approximate surface area is 215 Å². The third-order valence-corrected chi connectivity index (χ3v) is 6.70. The van der Waals surface area contributed by atoms with Crippen molar-refractivity contribution < 1.29 is 27.4 Å². The topological polar surface area (TPSA) is 38.8 Å². The third-order valence-electron chi connectivity index (χ3n) is 5.88. The summed E-state index contributed by atoms with van der Waals surface area (Å²) in [5.41, 5.74) is 0.920. The maximum absolute atomic E-state index is 13.7. The Balaban J connectivity index is 1.92. The zero-order chi connectivity index (χ0) is 25.5. The van der Waals surface area contributed by atoms with Crippen LogP contribution in [0.2, 0.25) is 15.1 Å². The smallest absolute Gasteiger partial charge is 0.416 e. The fourth-order valence-electron chi connectivity index (χ4n) is 4.30. The minimum atomic E-state index is -4.55. The van der Waals surface area contributed by atoms with E-state index in [0.29, 0.717) is 23.5 Å². The van der Waals surface area contributed by atoms with Gasteiger partial charge in [-0.2, -0.15) is 13.2 Å². The van der Waals surface area contributed by atoms with Crippen molar-refractivity contribution in [3.05, 3.63) is 91.4 Å². The minimum Gasteiger partial charge on any atom is -0.493 e. The molecule has 0 spiro atoms. The summed E-state index contributed by atoms with van der Waals surface area (Å²) in [7, 11) is 2.96. The number of ether oxygens (including phenoxy) is 2. The van der Waals surface area contributed by atoms with E-state index in [2.05, 4.69) is 0 Å². The zero-order valence-electron chi connectivity index (χ0n) is 18.6. The van der Waals surface area contributed by atoms with Crippen LogP contribution in [0.1, 0.15) is 38.7 Å². The van der Waals surface area contributed by atoms with Crippen LogP contribution in [0, 0.1) is 0 Å². The minimum absolute atomic E-state index is 0.0265. The summed E-state index contributed by atoms with van der Waals surface area (Å²) >= 11 is 18.6. The third kappa shape index (κ3) is 4.90. The van der Waals surface area contributed by atoms with Gasteiger partial charge in [0.2, 0.25) is 0 Å². The van der Waals surface area contributed by atoms with Gasteiger partial charge < -0.3 is 14.4 Å². The van der Waals surface area contributed by atoms with E-state index in [-0.39, 0.29) is 32.7 Å². The predicted octanol–water partition coefficient (Wildman–Crippen LogP) is 7.47. The van der Waals surface area contributed by atoms with Gasteiger partial charge in [-0.1, -0.05) is 46.9 Å². The lowest BCUT2D eigenvalue weighted by Crippen LogP contribution is -2.41. The Hall–Kier alpha value is -2.61. The maximum atomic E-state index is 13.7. The fourth-order valence-corrected chi connectivity index (χ4v) is 5.28. The summed E-state index contributed by atoms with van der Waals surface area (Å²) in [6.07, 6.45) is -4.12. The number of amides is 1. The molecular weight excluding hydrogens is 526 g/mol. The number of rotatable bonds is 4. The van der Waals surface area contributed by atoms with Gasteiger partial charge in [-0.25, -0.2) is 0 Å². The van der Waals surface area contributed by atoms with Crippen LogP contribution in [-0.2, 0) is 12.6 Å². The van der Waals surface area contributed by atoms with Crippen LogP contribution in [0.25, 0.3) is 0 Å². The quantitative estimate of drug-likeness (QED) is 0.342. The van der Waals surface area contributed by atoms with Gasteiger partial charge in [0.05, 0.1) is 41.4 Å². The van der Waals surface area contributed by atoms with Crippen LogP contribution in [0.4, 0.5) is 13.2 Å². The Kier molecular flexibility index (Phi) is 7.13. The van der Waals surface area contributed by atoms with Gasteiger partial charge in [-0.05, 0) is 59.5 Å². The molecule has 1 aliphatic heterocycles. The summed E-state index contributed by atoms with van der Waals surface area (Å²) < 4.78 is 51.5. The second-order valence-electron chi connectivity index (χ2n) is 7.92. The van der Waals surface area contributed by atoms with Gasteiger partial charge in [0.15, 0.2) is 11.5 Å². The molecule has 0 bridgehead atoms. The highest BCUT2D eigenvalue weighted by molar-refractivity contribution is 6.42. The van der Waals surface area contributed by atoms with E-state index in [1.165, 1.54) is 37.3 Å². The normalized spacial score (nSPS) is 15.5. The molecule has 0 N–H and O–H groups in total. The zero-order valence-corrected chi connectivity index (χ0v) is 20.8. The molecule has 3 aromatic carbocycles. The van der Waals surface area contributed by atoms with Gasteiger partial charge in [0, 0.05) is 11.6 Å². The van der Waals surface area contributed by atoms with E-state index in [0.717, 1.165) is 17.7 Å². The molecule has 1 amide bonds. The van der Waals surface area contributed by atoms with Crippen LogP contribution in [0.5, 0.6) is 11.5 Å². The van der Waals surface area contributed by atoms with Crippen molar-refractivity contribution in [1.82, 2.24) is 4.90 Å². The first-order valence-electron chi connectivity index (χ1n) is 10.4. The first-order chi connectivity index (χ1) is 16.5. The number of methoxy groups -OCH3 is 2. The van der Waals surface area contributed by atoms with E-state index in [1.807, 2.05) is 0 Å². The molecule has 1 aliphatic rings. The van der Waals surface area contributed by atoms with Gasteiger partial charge in [0.1, 0.15) is 0 Å². The molecule has 0 aliphatic carbocycles. The number of benzene rings is 3. The van der Waals surface area contributed by atoms with Crippen LogP contribution in [0.3, 0.4) is 0 Å². The van der Waals surface area contributed by atoms with Crippen molar-refractivity contribution in [1.29, 1.82) is 0 Å². The molecule has 35 heavy (non-hydrogen) atoms. The maximum Gasteiger partial charge on any atom is 0.416 e. The van der Waals surface area contributed by atoms with Crippen LogP contribution in [0.15, 0.2) is 48.5 Å². The van der Waals surface area contributed by atoms with Gasteiger partial charge in [-0.3, -0.25) is 4.79 Å². The average molecular weight is 545 g/mol. The number of hydrogen-bond acceptors (Lipinski definition) is 3. The van der Waals surface area contributed by atoms with E-state index in [9.17, 15) is 18.0 Å². The number of halogens is 6. The van der Waals surface area contributed by atoms with E-state index < -0.39 is 23.7 Å². The largest absolute Gasteiger partial charge is 0.493 e. The molecule has 0 saturated heterocycles. The highest BCUT2D eigenvalue weighted by Gasteiger charge is 2.37. The monoisotopic (exact) mass is 543 g/mol. The Morgan fingerprint density at radius 3 is 2.20 bits per heavy atom. The lowest BCUT2D eigenvalue weighted by Gasteiger charge is -2.38. The second-order valence-corrected chi connectivity index (χ2v) is 9.18. The van der Waals surface area contributed by atoms with Crippen LogP contribution in [-0.4, -0.2) is 31.6 Å². The highest BCUT2D eigenvalue weighted by Crippen LogP contribution is 2.43. The summed E-state index contributed by atoms with van der Waals surface area (Å²) in [5, 5.41) is 0.355. The number of carbonyl (C=O) groups is 1. The average Bonchev–Trinajstić information content (AvgIpc) is 2.81. The SMILES string of the molecule is COc1cc2c(cc1OC)C(c1cccc(C(F)(F)F)c1)N(C(=O)c1c(Cl)cc(Cl)cc1Cl)CC2. The van der Waals surface area contributed by atoms with E-state index in [1.54, 1.807) is 18.2 Å². The Morgan fingerprint density at radius 2 is 1.60 bits per heavy atom. The summed E-state index contributed by atoms with van der Waals surface area (Å²) in [5.74, 6) is 0.345. The molecule has 4 nitrogen and oxygen atoms in total. The van der Waals surface area contributed by atoms with Crippen molar-refractivity contribution in [2.75, 3.05) is 20.8 Å². The van der Waals surface area contributed by atoms with Crippen molar-refractivity contribution >= 4 is 40.7 Å². The Morgan fingerprint density at radius 1 is 0.971 bits per heavy atom. The molecule has 10 heteroatoms. The number of carbonyl (C=O) groups excluding carboxylic acids is 1. The molecule has 0 saturated carbocycles. The molecule has 1 heterocycles. The molecule has 184 valence electrons. The standard InChI is InChI=1S/C25H19Cl3F3NO3/c1-34-20-9-13-6-7-32(24(33)22-18(27)10-16(26)11-19(22)28)23(17(13)12-21(20)35-2)14-4-3-5-15(8-14)25(29,30)31/h3-5,8-12,23H,6-7H2,1-2H3. The number of fused-ring (bicyclic) bond motifs is 1. The summed E-state index contributed by atoms with van der Waals surface area (Å²) in [6.45, 7) is 0.206. The molecule has 0 aromatic heterocycles. The van der Waals surface area contributed by atoms with Crippen molar-refractivity contribution in [3.63, 3.8) is 0 Å². The van der Waals surface area contributed by atoms with Gasteiger partial charge in [-0.15, -0.1) is 0 Å². The number of hydrogen-bond donors (Lipinski definition) is 0. The fraction of sp³-hybridized carbons (Fsp3) is 0.240. The van der Waals surface area contributed by atoms with Gasteiger partial charge in [0.25, 0.3) is 5.91 Å². The molecule has 1 atom stereocenters. The molecule has 4 rings (SSSR count). The lowest BCUT2D eigenvalue weighted by molar-refractivity contribution is -0.137. The van der Waals surface area contributed by atoms with E-state index >= 15 is 0 Å². The molecular formula is C25H19Cl3F3NO3. The number of alkyl halides is 3. The molecule has 0 fully saturated rings. The van der Waals surface area contributed by atoms with Crippen molar-refractivity contribution in [2.24, 2.45) is 0 Å². The number of nitrogens with zero attached hydrogens (tertiary/aromatic N) is 1. The summed E-state index contributed by atoms with van der Waals surface area (Å²) in [4.78, 5) is 15.2. The second kappa shape index (κ2) is 9.80. The Bertz CT molecular complexity index is 1270. The first-order valence-corrected chi connectivity index (χ1v) is 11.6. The van der Waals surface area contributed by atoms with E-state index in [4.69, 9.17) is 44.3 Å². The first kappa shape index (κ1) is 25.5. The van der Waals surface area contributed by atoms with Crippen LogP contribution < -0.4 is 9.47 Å². The predicted molar refractivity (Wildman–Crippen MR) is 129 cm³/mol. The van der Waals surface area contributed by atoms with Crippen LogP contribution >= 0.6 is 34.8 Å².